The van der Waals surface area contributed by atoms with Gasteiger partial charge in [-0.3, -0.25) is 14.4 Å². The number of carbonyl (C=O) groups excluding carboxylic acids is 3. The van der Waals surface area contributed by atoms with Crippen LogP contribution >= 0.6 is 0 Å². The third kappa shape index (κ3) is 14.1. The van der Waals surface area contributed by atoms with Crippen molar-refractivity contribution in [2.24, 2.45) is 11.8 Å². The monoisotopic (exact) mass is 415 g/mol. The zero-order valence-corrected chi connectivity index (χ0v) is 18.9. The fourth-order valence-electron chi connectivity index (χ4n) is 3.55. The van der Waals surface area contributed by atoms with Crippen molar-refractivity contribution >= 4 is 17.8 Å². The lowest BCUT2D eigenvalue weighted by Crippen LogP contribution is -2.37. The van der Waals surface area contributed by atoms with Gasteiger partial charge in [0.05, 0.1) is 13.0 Å². The van der Waals surface area contributed by atoms with Gasteiger partial charge in [0.1, 0.15) is 12.1 Å². The van der Waals surface area contributed by atoms with E-state index in [1.165, 1.54) is 32.1 Å². The van der Waals surface area contributed by atoms with Gasteiger partial charge in [0.25, 0.3) is 0 Å². The molecule has 0 aromatic rings. The summed E-state index contributed by atoms with van der Waals surface area (Å²) in [7, 11) is 1.00. The quantitative estimate of drug-likeness (QED) is 0.530. The van der Waals surface area contributed by atoms with Gasteiger partial charge in [0.2, 0.25) is 5.91 Å². The van der Waals surface area contributed by atoms with Crippen LogP contribution in [0.1, 0.15) is 85.5 Å². The Morgan fingerprint density at radius 2 is 1.69 bits per heavy atom. The molecule has 1 fully saturated rings. The highest BCUT2D eigenvalue weighted by Crippen LogP contribution is 2.29. The predicted molar refractivity (Wildman–Crippen MR) is 112 cm³/mol. The van der Waals surface area contributed by atoms with Gasteiger partial charge in [-0.2, -0.15) is 0 Å². The highest BCUT2D eigenvalue weighted by Gasteiger charge is 2.26. The molecule has 0 saturated heterocycles. The minimum absolute atomic E-state index is 0.0383. The molecule has 7 nitrogen and oxygen atoms in total. The third-order valence-corrected chi connectivity index (χ3v) is 4.81. The number of hydrogen-bond donors (Lipinski definition) is 2. The lowest BCUT2D eigenvalue weighted by molar-refractivity contribution is -0.157. The number of aliphatic hydroxyl groups is 1. The Morgan fingerprint density at radius 1 is 1.07 bits per heavy atom. The molecule has 1 aliphatic rings. The molecule has 0 aliphatic heterocycles. The van der Waals surface area contributed by atoms with E-state index >= 15 is 0 Å². The van der Waals surface area contributed by atoms with Gasteiger partial charge in [-0.05, 0) is 40.0 Å². The Balaban J connectivity index is 0.00000379. The summed E-state index contributed by atoms with van der Waals surface area (Å²) in [5.74, 6) is -0.862. The molecule has 1 rings (SSSR count). The van der Waals surface area contributed by atoms with Gasteiger partial charge in [0, 0.05) is 13.0 Å². The molecule has 2 N–H and O–H groups in total. The van der Waals surface area contributed by atoms with Crippen LogP contribution in [0, 0.1) is 11.8 Å². The predicted octanol–water partition coefficient (Wildman–Crippen LogP) is 3.37. The molecule has 1 amide bonds. The van der Waals surface area contributed by atoms with Crippen molar-refractivity contribution in [2.45, 2.75) is 91.1 Å². The van der Waals surface area contributed by atoms with Gasteiger partial charge < -0.3 is 19.9 Å². The first-order valence-corrected chi connectivity index (χ1v) is 10.8. The Kier molecular flexibility index (Phi) is 14.4. The second kappa shape index (κ2) is 15.2. The van der Waals surface area contributed by atoms with Crippen molar-refractivity contribution in [1.29, 1.82) is 0 Å². The number of hydrogen-bond acceptors (Lipinski definition) is 6. The van der Waals surface area contributed by atoms with Crippen LogP contribution in [0.3, 0.4) is 0 Å². The molecule has 0 spiro atoms. The highest BCUT2D eigenvalue weighted by atomic mass is 16.6. The van der Waals surface area contributed by atoms with Crippen LogP contribution in [-0.2, 0) is 23.9 Å². The van der Waals surface area contributed by atoms with E-state index in [0.717, 1.165) is 25.9 Å². The second-order valence-electron chi connectivity index (χ2n) is 8.45. The van der Waals surface area contributed by atoms with E-state index in [1.54, 1.807) is 6.92 Å². The van der Waals surface area contributed by atoms with Crippen LogP contribution in [0.5, 0.6) is 0 Å². The number of ether oxygens (including phenoxy) is 2. The van der Waals surface area contributed by atoms with Crippen molar-refractivity contribution in [2.75, 3.05) is 20.3 Å². The summed E-state index contributed by atoms with van der Waals surface area (Å²) in [5, 5.41) is 9.60. The summed E-state index contributed by atoms with van der Waals surface area (Å²) in [6.07, 6.45) is 9.13. The van der Waals surface area contributed by atoms with E-state index in [9.17, 15) is 14.4 Å². The van der Waals surface area contributed by atoms with Crippen molar-refractivity contribution in [3.05, 3.63) is 0 Å². The minimum Gasteiger partial charge on any atom is -0.465 e. The van der Waals surface area contributed by atoms with E-state index in [2.05, 4.69) is 5.32 Å². The zero-order valence-electron chi connectivity index (χ0n) is 18.9. The first-order chi connectivity index (χ1) is 13.7. The molecule has 7 heteroatoms. The van der Waals surface area contributed by atoms with Gasteiger partial charge in [0.15, 0.2) is 0 Å². The molecule has 1 aliphatic carbocycles. The Labute approximate surface area is 175 Å². The average molecular weight is 416 g/mol. The molecular formula is C22H41NO6. The standard InChI is InChI=1S/C21H37NO5.CH4O/c1-5-26-19(24)15-22-20(25)17(14-18(23)27-21(2,3)4)13-9-12-16-10-7-6-8-11-16;1-2/h16-17H,5-15H2,1-4H3,(H,22,25);2H,1H3. The van der Waals surface area contributed by atoms with Crippen molar-refractivity contribution in [1.82, 2.24) is 5.32 Å². The number of carbonyl (C=O) groups is 3. The van der Waals surface area contributed by atoms with Crippen LogP contribution in [0.15, 0.2) is 0 Å². The number of aliphatic hydroxyl groups excluding tert-OH is 1. The van der Waals surface area contributed by atoms with Crippen LogP contribution in [0.4, 0.5) is 0 Å². The minimum atomic E-state index is -0.578. The normalized spacial score (nSPS) is 15.5. The lowest BCUT2D eigenvalue weighted by atomic mass is 9.84. The van der Waals surface area contributed by atoms with E-state index in [4.69, 9.17) is 14.6 Å². The molecule has 0 bridgehead atoms. The molecule has 0 radical (unpaired) electrons. The average Bonchev–Trinajstić information content (AvgIpc) is 2.66. The number of esters is 2. The van der Waals surface area contributed by atoms with Gasteiger partial charge >= 0.3 is 11.9 Å². The smallest absolute Gasteiger partial charge is 0.325 e. The summed E-state index contributed by atoms with van der Waals surface area (Å²) >= 11 is 0. The fraction of sp³-hybridized carbons (Fsp3) is 0.864. The number of rotatable bonds is 10. The van der Waals surface area contributed by atoms with E-state index in [0.29, 0.717) is 6.42 Å². The van der Waals surface area contributed by atoms with Crippen molar-refractivity contribution < 1.29 is 29.0 Å². The molecule has 0 aromatic carbocycles. The fourth-order valence-corrected chi connectivity index (χ4v) is 3.55. The molecular weight excluding hydrogens is 374 g/mol. The summed E-state index contributed by atoms with van der Waals surface area (Å²) < 4.78 is 10.2. The third-order valence-electron chi connectivity index (χ3n) is 4.81. The SMILES string of the molecule is CCOC(=O)CNC(=O)C(CCCC1CCCCC1)CC(=O)OC(C)(C)C.CO. The maximum atomic E-state index is 12.5. The summed E-state index contributed by atoms with van der Waals surface area (Å²) in [6.45, 7) is 7.26. The van der Waals surface area contributed by atoms with Gasteiger partial charge in [-0.15, -0.1) is 0 Å². The first-order valence-electron chi connectivity index (χ1n) is 10.8. The second-order valence-corrected chi connectivity index (χ2v) is 8.45. The Hall–Kier alpha value is -1.63. The molecule has 1 saturated carbocycles. The van der Waals surface area contributed by atoms with Crippen molar-refractivity contribution in [3.8, 4) is 0 Å². The number of nitrogens with one attached hydrogen (secondary N) is 1. The van der Waals surface area contributed by atoms with Crippen LogP contribution in [0.2, 0.25) is 0 Å². The molecule has 170 valence electrons. The van der Waals surface area contributed by atoms with E-state index in [-0.39, 0.29) is 31.4 Å². The molecule has 1 atom stereocenters. The summed E-state index contributed by atoms with van der Waals surface area (Å²) in [5.41, 5.74) is -0.578. The topological polar surface area (TPSA) is 102 Å². The number of amides is 1. The molecule has 1 unspecified atom stereocenters. The summed E-state index contributed by atoms with van der Waals surface area (Å²) in [6, 6.07) is 0. The molecule has 0 aromatic heterocycles. The van der Waals surface area contributed by atoms with Gasteiger partial charge in [-0.1, -0.05) is 44.9 Å². The first kappa shape index (κ1) is 27.4. The molecule has 0 heterocycles. The largest absolute Gasteiger partial charge is 0.465 e. The van der Waals surface area contributed by atoms with Gasteiger partial charge in [-0.25, -0.2) is 0 Å². The maximum Gasteiger partial charge on any atom is 0.325 e. The Bertz CT molecular complexity index is 480. The van der Waals surface area contributed by atoms with E-state index < -0.39 is 17.5 Å². The zero-order chi connectivity index (χ0) is 22.3. The lowest BCUT2D eigenvalue weighted by Gasteiger charge is -2.24. The van der Waals surface area contributed by atoms with Crippen molar-refractivity contribution in [3.63, 3.8) is 0 Å². The maximum absolute atomic E-state index is 12.5. The Morgan fingerprint density at radius 3 is 2.24 bits per heavy atom. The van der Waals surface area contributed by atoms with Crippen LogP contribution in [0.25, 0.3) is 0 Å². The summed E-state index contributed by atoms with van der Waals surface area (Å²) in [4.78, 5) is 36.2. The van der Waals surface area contributed by atoms with E-state index in [1.807, 2.05) is 20.8 Å². The van der Waals surface area contributed by atoms with Crippen LogP contribution in [-0.4, -0.2) is 48.8 Å². The molecule has 29 heavy (non-hydrogen) atoms. The van der Waals surface area contributed by atoms with Crippen LogP contribution < -0.4 is 5.32 Å². The highest BCUT2D eigenvalue weighted by molar-refractivity contribution is 5.86.